The van der Waals surface area contributed by atoms with E-state index >= 15 is 0 Å². The molecule has 4 fully saturated rings. The first-order valence-corrected chi connectivity index (χ1v) is 10.2. The molecule has 0 aromatic rings. The van der Waals surface area contributed by atoms with Crippen LogP contribution in [-0.2, 0) is 23.9 Å². The van der Waals surface area contributed by atoms with E-state index in [-0.39, 0.29) is 41.9 Å². The van der Waals surface area contributed by atoms with Crippen LogP contribution in [0, 0.1) is 34.0 Å². The van der Waals surface area contributed by atoms with Crippen molar-refractivity contribution in [3.63, 3.8) is 0 Å². The number of rotatable bonds is 1. The molecule has 2 bridgehead atoms. The van der Waals surface area contributed by atoms with Gasteiger partial charge in [-0.2, -0.15) is 0 Å². The van der Waals surface area contributed by atoms with Crippen molar-refractivity contribution in [2.75, 3.05) is 0 Å². The number of Topliss-reactive ketones (excluding diaryl/α,β-unsaturated/α-hetero) is 1. The van der Waals surface area contributed by atoms with Gasteiger partial charge in [0.15, 0.2) is 0 Å². The molecule has 4 rings (SSSR count). The summed E-state index contributed by atoms with van der Waals surface area (Å²) in [4.78, 5) is 38.4. The summed E-state index contributed by atoms with van der Waals surface area (Å²) < 4.78 is 11.9. The fourth-order valence-corrected chi connectivity index (χ4v) is 6.73. The van der Waals surface area contributed by atoms with E-state index in [4.69, 9.17) is 9.47 Å². The van der Waals surface area contributed by atoms with Crippen LogP contribution in [0.3, 0.4) is 0 Å². The molecule has 8 atom stereocenters. The Morgan fingerprint density at radius 2 is 1.78 bits per heavy atom. The standard InChI is InChI=1S/C22H30O5/c1-6-20(4)14-11-16(24)26-18(14)21(5)12(2)7-9-22(13(3)17(20)25)10-8-15(23)27-19(21)22/h6,12-14,18-19H,1,7-11H2,2-5H3/t12-,13+,14-,18-,19+,20-,21+,22+/m1/s1. The first-order chi connectivity index (χ1) is 12.6. The maximum atomic E-state index is 13.7. The SMILES string of the molecule is C=C[C@@]1(C)C(=O)[C@H](C)[C@]23CCC(=O)O[C@H]2[C@@](C)([C@H](C)CC3)[C@@H]2OC(=O)C[C@H]21. The third kappa shape index (κ3) is 2.14. The summed E-state index contributed by atoms with van der Waals surface area (Å²) in [6.45, 7) is 12.1. The molecule has 2 aliphatic carbocycles. The van der Waals surface area contributed by atoms with E-state index in [1.165, 1.54) is 0 Å². The lowest BCUT2D eigenvalue weighted by molar-refractivity contribution is -0.243. The highest BCUT2D eigenvalue weighted by Gasteiger charge is 2.70. The van der Waals surface area contributed by atoms with Crippen molar-refractivity contribution in [2.45, 2.75) is 72.0 Å². The largest absolute Gasteiger partial charge is 0.461 e. The molecule has 2 saturated carbocycles. The molecule has 0 unspecified atom stereocenters. The molecule has 0 radical (unpaired) electrons. The first kappa shape index (κ1) is 18.7. The number of carbonyl (C=O) groups excluding carboxylic acids is 3. The predicted molar refractivity (Wildman–Crippen MR) is 98.5 cm³/mol. The smallest absolute Gasteiger partial charge is 0.306 e. The van der Waals surface area contributed by atoms with E-state index in [1.807, 2.05) is 13.8 Å². The third-order valence-corrected chi connectivity index (χ3v) is 8.84. The van der Waals surface area contributed by atoms with Crippen molar-refractivity contribution >= 4 is 17.7 Å². The second-order valence-corrected chi connectivity index (χ2v) is 9.70. The predicted octanol–water partition coefficient (Wildman–Crippen LogP) is 3.46. The maximum absolute atomic E-state index is 13.7. The molecule has 148 valence electrons. The number of carbonyl (C=O) groups is 3. The van der Waals surface area contributed by atoms with Gasteiger partial charge in [-0.15, -0.1) is 6.58 Å². The van der Waals surface area contributed by atoms with Gasteiger partial charge in [-0.3, -0.25) is 14.4 Å². The number of ether oxygens (including phenoxy) is 2. The zero-order chi connectivity index (χ0) is 19.8. The van der Waals surface area contributed by atoms with Gasteiger partial charge in [0.05, 0.1) is 11.8 Å². The Morgan fingerprint density at radius 3 is 2.44 bits per heavy atom. The van der Waals surface area contributed by atoms with Gasteiger partial charge in [0.2, 0.25) is 0 Å². The molecule has 4 aliphatic rings. The second-order valence-electron chi connectivity index (χ2n) is 9.70. The minimum Gasteiger partial charge on any atom is -0.461 e. The minimum absolute atomic E-state index is 0.102. The van der Waals surface area contributed by atoms with Gasteiger partial charge in [-0.1, -0.05) is 26.8 Å². The van der Waals surface area contributed by atoms with Gasteiger partial charge in [0.25, 0.3) is 0 Å². The van der Waals surface area contributed by atoms with E-state index in [9.17, 15) is 14.4 Å². The van der Waals surface area contributed by atoms with Crippen LogP contribution in [0.4, 0.5) is 0 Å². The van der Waals surface area contributed by atoms with Crippen molar-refractivity contribution in [1.29, 1.82) is 0 Å². The molecular formula is C22H30O5. The monoisotopic (exact) mass is 374 g/mol. The molecule has 2 saturated heterocycles. The zero-order valence-corrected chi connectivity index (χ0v) is 16.7. The first-order valence-electron chi connectivity index (χ1n) is 10.2. The van der Waals surface area contributed by atoms with Gasteiger partial charge < -0.3 is 9.47 Å². The van der Waals surface area contributed by atoms with Crippen LogP contribution in [-0.4, -0.2) is 29.9 Å². The molecule has 27 heavy (non-hydrogen) atoms. The Hall–Kier alpha value is -1.65. The van der Waals surface area contributed by atoms with E-state index in [1.54, 1.807) is 6.08 Å². The highest BCUT2D eigenvalue weighted by molar-refractivity contribution is 5.91. The van der Waals surface area contributed by atoms with E-state index in [2.05, 4.69) is 20.4 Å². The van der Waals surface area contributed by atoms with Crippen molar-refractivity contribution in [3.8, 4) is 0 Å². The number of hydrogen-bond acceptors (Lipinski definition) is 5. The van der Waals surface area contributed by atoms with Crippen LogP contribution in [0.5, 0.6) is 0 Å². The third-order valence-electron chi connectivity index (χ3n) is 8.84. The average Bonchev–Trinajstić information content (AvgIpc) is 3.06. The molecule has 0 N–H and O–H groups in total. The van der Waals surface area contributed by atoms with Crippen LogP contribution < -0.4 is 0 Å². The summed E-state index contributed by atoms with van der Waals surface area (Å²) in [5.41, 5.74) is -1.73. The number of esters is 2. The molecular weight excluding hydrogens is 344 g/mol. The molecule has 0 amide bonds. The van der Waals surface area contributed by atoms with Crippen LogP contribution in [0.2, 0.25) is 0 Å². The van der Waals surface area contributed by atoms with E-state index < -0.39 is 28.5 Å². The quantitative estimate of drug-likeness (QED) is 0.519. The summed E-state index contributed by atoms with van der Waals surface area (Å²) in [5, 5.41) is 0. The van der Waals surface area contributed by atoms with Gasteiger partial charge in [-0.25, -0.2) is 0 Å². The summed E-state index contributed by atoms with van der Waals surface area (Å²) >= 11 is 0. The lowest BCUT2D eigenvalue weighted by Gasteiger charge is -2.63. The Labute approximate surface area is 160 Å². The minimum atomic E-state index is -0.825. The highest BCUT2D eigenvalue weighted by atomic mass is 16.6. The summed E-state index contributed by atoms with van der Waals surface area (Å²) in [7, 11) is 0. The summed E-state index contributed by atoms with van der Waals surface area (Å²) in [5.74, 6) is -0.695. The van der Waals surface area contributed by atoms with Gasteiger partial charge in [-0.05, 0) is 32.1 Å². The number of fused-ring (bicyclic) bond motifs is 2. The van der Waals surface area contributed by atoms with Gasteiger partial charge in [0, 0.05) is 29.1 Å². The Kier molecular flexibility index (Phi) is 3.93. The maximum Gasteiger partial charge on any atom is 0.306 e. The van der Waals surface area contributed by atoms with Crippen molar-refractivity contribution in [3.05, 3.63) is 12.7 Å². The summed E-state index contributed by atoms with van der Waals surface area (Å²) in [6, 6.07) is 0. The van der Waals surface area contributed by atoms with Crippen LogP contribution in [0.1, 0.15) is 59.8 Å². The molecule has 0 spiro atoms. The Morgan fingerprint density at radius 1 is 1.07 bits per heavy atom. The van der Waals surface area contributed by atoms with Crippen molar-refractivity contribution in [2.24, 2.45) is 34.0 Å². The lowest BCUT2D eigenvalue weighted by Crippen LogP contribution is -2.68. The topological polar surface area (TPSA) is 69.7 Å². The van der Waals surface area contributed by atoms with E-state index in [0.717, 1.165) is 12.8 Å². The van der Waals surface area contributed by atoms with Crippen LogP contribution in [0.15, 0.2) is 12.7 Å². The van der Waals surface area contributed by atoms with Crippen molar-refractivity contribution in [1.82, 2.24) is 0 Å². The zero-order valence-electron chi connectivity index (χ0n) is 16.7. The molecule has 0 aromatic carbocycles. The molecule has 5 heteroatoms. The van der Waals surface area contributed by atoms with Gasteiger partial charge in [0.1, 0.15) is 18.0 Å². The molecule has 2 heterocycles. The Bertz CT molecular complexity index is 728. The number of hydrogen-bond donors (Lipinski definition) is 0. The molecule has 5 nitrogen and oxygen atoms in total. The molecule has 2 aliphatic heterocycles. The van der Waals surface area contributed by atoms with Gasteiger partial charge >= 0.3 is 11.9 Å². The van der Waals surface area contributed by atoms with E-state index in [0.29, 0.717) is 12.8 Å². The fourth-order valence-electron chi connectivity index (χ4n) is 6.73. The normalized spacial score (nSPS) is 52.0. The number of ketones is 1. The summed E-state index contributed by atoms with van der Waals surface area (Å²) in [6.07, 6.45) is 3.88. The lowest BCUT2D eigenvalue weighted by atomic mass is 9.43. The van der Waals surface area contributed by atoms with Crippen LogP contribution >= 0.6 is 0 Å². The highest BCUT2D eigenvalue weighted by Crippen LogP contribution is 2.65. The Balaban J connectivity index is 1.97. The molecule has 0 aromatic heterocycles. The second kappa shape index (κ2) is 5.68. The van der Waals surface area contributed by atoms with Crippen LogP contribution in [0.25, 0.3) is 0 Å². The average molecular weight is 374 g/mol. The van der Waals surface area contributed by atoms with Crippen molar-refractivity contribution < 1.29 is 23.9 Å². The fraction of sp³-hybridized carbons (Fsp3) is 0.773. The number of allylic oxidation sites excluding steroid dienone is 1.